The quantitative estimate of drug-likeness (QED) is 0.662. The Balaban J connectivity index is 0.000000406. The van der Waals surface area contributed by atoms with Gasteiger partial charge in [-0.3, -0.25) is 4.79 Å². The number of nitrogens with zero attached hydrogens (tertiary/aromatic N) is 1. The maximum atomic E-state index is 11.9. The molecule has 0 bridgehead atoms. The van der Waals surface area contributed by atoms with Crippen LogP contribution >= 0.6 is 0 Å². The van der Waals surface area contributed by atoms with E-state index >= 15 is 0 Å². The molecule has 0 amide bonds. The molecule has 2 aliphatic rings. The molecule has 184 valence electrons. The molecule has 2 N–H and O–H groups in total. The number of likely N-dealkylation sites (tertiary alicyclic amines) is 1. The van der Waals surface area contributed by atoms with Crippen LogP contribution in [0.15, 0.2) is 48.5 Å². The smallest absolute Gasteiger partial charge is 0.481 e. The van der Waals surface area contributed by atoms with Gasteiger partial charge in [0, 0.05) is 19.6 Å². The Morgan fingerprint density at radius 1 is 1.06 bits per heavy atom. The van der Waals surface area contributed by atoms with Gasteiger partial charge >= 0.3 is 18.1 Å². The SMILES string of the molecule is Cc1ccccc1CC(CN1CCC2(CC1)OCc1ccccc12)C(=O)O.O=C(O)C(F)(F)F. The first-order valence-corrected chi connectivity index (χ1v) is 11.0. The van der Waals surface area contributed by atoms with Crippen LogP contribution in [0.5, 0.6) is 0 Å². The van der Waals surface area contributed by atoms with Gasteiger partial charge in [0.2, 0.25) is 0 Å². The summed E-state index contributed by atoms with van der Waals surface area (Å²) in [5.74, 6) is -3.84. The predicted octanol–water partition coefficient (Wildman–Crippen LogP) is 4.39. The number of hydrogen-bond donors (Lipinski definition) is 2. The second-order valence-electron chi connectivity index (χ2n) is 8.71. The highest BCUT2D eigenvalue weighted by molar-refractivity contribution is 5.73. The molecule has 2 heterocycles. The van der Waals surface area contributed by atoms with Crippen molar-refractivity contribution >= 4 is 11.9 Å². The van der Waals surface area contributed by atoms with Crippen LogP contribution in [0.2, 0.25) is 0 Å². The number of benzene rings is 2. The molecule has 6 nitrogen and oxygen atoms in total. The van der Waals surface area contributed by atoms with Gasteiger partial charge in [-0.1, -0.05) is 48.5 Å². The number of alkyl halides is 3. The molecule has 2 aliphatic heterocycles. The van der Waals surface area contributed by atoms with E-state index in [1.54, 1.807) is 0 Å². The molecule has 1 saturated heterocycles. The van der Waals surface area contributed by atoms with Gasteiger partial charge in [0.15, 0.2) is 0 Å². The summed E-state index contributed by atoms with van der Waals surface area (Å²) >= 11 is 0. The Kier molecular flexibility index (Phi) is 7.99. The number of carbonyl (C=O) groups is 2. The molecule has 0 radical (unpaired) electrons. The highest BCUT2D eigenvalue weighted by atomic mass is 19.4. The van der Waals surface area contributed by atoms with Gasteiger partial charge in [-0.05, 0) is 48.4 Å². The third kappa shape index (κ3) is 6.15. The van der Waals surface area contributed by atoms with Crippen molar-refractivity contribution in [2.75, 3.05) is 19.6 Å². The third-order valence-corrected chi connectivity index (χ3v) is 6.47. The first-order chi connectivity index (χ1) is 16.0. The van der Waals surface area contributed by atoms with Gasteiger partial charge in [0.1, 0.15) is 0 Å². The topological polar surface area (TPSA) is 87.1 Å². The minimum Gasteiger partial charge on any atom is -0.481 e. The van der Waals surface area contributed by atoms with Gasteiger partial charge in [-0.25, -0.2) is 4.79 Å². The molecule has 0 saturated carbocycles. The molecule has 4 rings (SSSR count). The van der Waals surface area contributed by atoms with Crippen LogP contribution in [0.25, 0.3) is 0 Å². The minimum atomic E-state index is -5.08. The predicted molar refractivity (Wildman–Crippen MR) is 118 cm³/mol. The minimum absolute atomic E-state index is 0.165. The van der Waals surface area contributed by atoms with Crippen LogP contribution < -0.4 is 0 Å². The number of piperidine rings is 1. The van der Waals surface area contributed by atoms with Crippen molar-refractivity contribution in [1.29, 1.82) is 0 Å². The monoisotopic (exact) mass is 479 g/mol. The van der Waals surface area contributed by atoms with Crippen LogP contribution in [0.3, 0.4) is 0 Å². The number of fused-ring (bicyclic) bond motifs is 2. The van der Waals surface area contributed by atoms with Crippen molar-refractivity contribution in [1.82, 2.24) is 4.90 Å². The summed E-state index contributed by atoms with van der Waals surface area (Å²) in [5.41, 5.74) is 4.76. The standard InChI is InChI=1S/C23H27NO3.C2HF3O2/c1-17-6-2-3-7-18(17)14-20(22(25)26)15-24-12-10-23(11-13-24)21-9-5-4-8-19(21)16-27-23;3-2(4,5)1(6)7/h2-9,20H,10-16H2,1H3,(H,25,26);(H,6,7). The van der Waals surface area contributed by atoms with E-state index in [1.165, 1.54) is 11.1 Å². The van der Waals surface area contributed by atoms with E-state index in [2.05, 4.69) is 29.2 Å². The first-order valence-electron chi connectivity index (χ1n) is 11.0. The van der Waals surface area contributed by atoms with Gasteiger partial charge in [-0.15, -0.1) is 0 Å². The molecule has 1 spiro atoms. The van der Waals surface area contributed by atoms with Crippen molar-refractivity contribution < 1.29 is 37.7 Å². The Morgan fingerprint density at radius 2 is 1.65 bits per heavy atom. The number of halogens is 3. The summed E-state index contributed by atoms with van der Waals surface area (Å²) < 4.78 is 38.0. The molecule has 2 aromatic carbocycles. The third-order valence-electron chi connectivity index (χ3n) is 6.47. The lowest BCUT2D eigenvalue weighted by molar-refractivity contribution is -0.192. The fourth-order valence-electron chi connectivity index (χ4n) is 4.54. The molecular weight excluding hydrogens is 451 g/mol. The number of carboxylic acids is 2. The van der Waals surface area contributed by atoms with E-state index in [4.69, 9.17) is 14.6 Å². The molecule has 0 aromatic heterocycles. The summed E-state index contributed by atoms with van der Waals surface area (Å²) in [5, 5.41) is 16.9. The first kappa shape index (κ1) is 25.7. The molecular formula is C25H28F3NO5. The lowest BCUT2D eigenvalue weighted by Crippen LogP contribution is -2.45. The van der Waals surface area contributed by atoms with Crippen molar-refractivity contribution in [2.45, 2.75) is 44.6 Å². The Labute approximate surface area is 196 Å². The number of rotatable bonds is 5. The summed E-state index contributed by atoms with van der Waals surface area (Å²) in [7, 11) is 0. The fraction of sp³-hybridized carbons (Fsp3) is 0.440. The molecule has 34 heavy (non-hydrogen) atoms. The average molecular weight is 479 g/mol. The number of aliphatic carboxylic acids is 2. The zero-order valence-electron chi connectivity index (χ0n) is 18.8. The van der Waals surface area contributed by atoms with E-state index in [9.17, 15) is 23.1 Å². The normalized spacial score (nSPS) is 18.0. The maximum absolute atomic E-state index is 11.9. The number of carboxylic acid groups (broad SMARTS) is 2. The molecule has 9 heteroatoms. The summed E-state index contributed by atoms with van der Waals surface area (Å²) in [6.07, 6.45) is -2.63. The summed E-state index contributed by atoms with van der Waals surface area (Å²) in [6, 6.07) is 16.6. The summed E-state index contributed by atoms with van der Waals surface area (Å²) in [4.78, 5) is 23.0. The van der Waals surface area contributed by atoms with Crippen LogP contribution in [-0.4, -0.2) is 52.9 Å². The van der Waals surface area contributed by atoms with E-state index in [1.807, 2.05) is 31.2 Å². The van der Waals surface area contributed by atoms with Crippen molar-refractivity contribution in [3.63, 3.8) is 0 Å². The molecule has 1 atom stereocenters. The van der Waals surface area contributed by atoms with Crippen molar-refractivity contribution in [2.24, 2.45) is 5.92 Å². The van der Waals surface area contributed by atoms with Crippen LogP contribution in [-0.2, 0) is 33.0 Å². The maximum Gasteiger partial charge on any atom is 0.490 e. The molecule has 1 unspecified atom stereocenters. The Bertz CT molecular complexity index is 1020. The largest absolute Gasteiger partial charge is 0.490 e. The number of aryl methyl sites for hydroxylation is 1. The van der Waals surface area contributed by atoms with Crippen molar-refractivity contribution in [3.8, 4) is 0 Å². The highest BCUT2D eigenvalue weighted by Gasteiger charge is 2.42. The fourth-order valence-corrected chi connectivity index (χ4v) is 4.54. The van der Waals surface area contributed by atoms with E-state index in [0.29, 0.717) is 19.6 Å². The van der Waals surface area contributed by atoms with Gasteiger partial charge in [-0.2, -0.15) is 13.2 Å². The molecule has 1 fully saturated rings. The number of hydrogen-bond acceptors (Lipinski definition) is 4. The Hall–Kier alpha value is -2.91. The van der Waals surface area contributed by atoms with E-state index in [-0.39, 0.29) is 11.5 Å². The zero-order valence-corrected chi connectivity index (χ0v) is 18.8. The van der Waals surface area contributed by atoms with Gasteiger partial charge in [0.05, 0.1) is 18.1 Å². The second kappa shape index (κ2) is 10.6. The van der Waals surface area contributed by atoms with Crippen LogP contribution in [0.4, 0.5) is 13.2 Å². The Morgan fingerprint density at radius 3 is 2.24 bits per heavy atom. The lowest BCUT2D eigenvalue weighted by Gasteiger charge is -2.40. The van der Waals surface area contributed by atoms with Crippen LogP contribution in [0, 0.1) is 12.8 Å². The number of ether oxygens (including phenoxy) is 1. The molecule has 2 aromatic rings. The van der Waals surface area contributed by atoms with E-state index < -0.39 is 18.1 Å². The average Bonchev–Trinajstić information content (AvgIpc) is 3.14. The second-order valence-corrected chi connectivity index (χ2v) is 8.71. The van der Waals surface area contributed by atoms with Gasteiger partial charge in [0.25, 0.3) is 0 Å². The van der Waals surface area contributed by atoms with Crippen molar-refractivity contribution in [3.05, 3.63) is 70.8 Å². The lowest BCUT2D eigenvalue weighted by atomic mass is 9.83. The summed E-state index contributed by atoms with van der Waals surface area (Å²) in [6.45, 7) is 5.11. The van der Waals surface area contributed by atoms with E-state index in [0.717, 1.165) is 37.1 Å². The van der Waals surface area contributed by atoms with Gasteiger partial charge < -0.3 is 19.8 Å². The highest BCUT2D eigenvalue weighted by Crippen LogP contribution is 2.44. The van der Waals surface area contributed by atoms with Crippen LogP contribution in [0.1, 0.15) is 35.1 Å². The zero-order chi connectivity index (χ0) is 24.9. The molecule has 0 aliphatic carbocycles.